The smallest absolute Gasteiger partial charge is 0.251 e. The standard InChI is InChI=1S/C20H20FN5O4S/c1-3-10-23-31(28,29)17-11-14(6-9-16(17)21)20(27)22-12-18-24-19(26-25-18)13-4-7-15(30-2)8-5-13/h3-9,11,23H,1,10,12H2,2H3,(H,22,27)(H,24,25,26). The van der Waals surface area contributed by atoms with Gasteiger partial charge in [0.05, 0.1) is 13.7 Å². The summed E-state index contributed by atoms with van der Waals surface area (Å²) in [5.74, 6) is -0.0284. The minimum Gasteiger partial charge on any atom is -0.497 e. The molecule has 3 N–H and O–H groups in total. The Kier molecular flexibility index (Phi) is 6.78. The van der Waals surface area contributed by atoms with Crippen molar-refractivity contribution in [2.75, 3.05) is 13.7 Å². The molecule has 0 fully saturated rings. The van der Waals surface area contributed by atoms with E-state index >= 15 is 0 Å². The number of nitrogens with one attached hydrogen (secondary N) is 3. The Morgan fingerprint density at radius 3 is 2.68 bits per heavy atom. The zero-order valence-electron chi connectivity index (χ0n) is 16.6. The number of carbonyl (C=O) groups excluding carboxylic acids is 1. The summed E-state index contributed by atoms with van der Waals surface area (Å²) < 4.78 is 45.6. The summed E-state index contributed by atoms with van der Waals surface area (Å²) in [5.41, 5.74) is 0.741. The Hall–Kier alpha value is -3.57. The van der Waals surface area contributed by atoms with E-state index in [0.717, 1.165) is 17.7 Å². The van der Waals surface area contributed by atoms with Crippen molar-refractivity contribution < 1.29 is 22.3 Å². The van der Waals surface area contributed by atoms with Crippen molar-refractivity contribution in [1.82, 2.24) is 25.2 Å². The van der Waals surface area contributed by atoms with Crippen molar-refractivity contribution in [2.24, 2.45) is 0 Å². The number of amides is 1. The van der Waals surface area contributed by atoms with Crippen LogP contribution in [-0.2, 0) is 16.6 Å². The topological polar surface area (TPSA) is 126 Å². The number of nitrogens with zero attached hydrogens (tertiary/aromatic N) is 2. The number of ether oxygens (including phenoxy) is 1. The number of hydrogen-bond donors (Lipinski definition) is 3. The number of benzene rings is 2. The molecule has 0 unspecified atom stereocenters. The van der Waals surface area contributed by atoms with Gasteiger partial charge in [0.15, 0.2) is 5.82 Å². The molecule has 9 nitrogen and oxygen atoms in total. The molecule has 31 heavy (non-hydrogen) atoms. The van der Waals surface area contributed by atoms with Gasteiger partial charge in [-0.2, -0.15) is 5.10 Å². The molecular weight excluding hydrogens is 425 g/mol. The Labute approximate surface area is 178 Å². The summed E-state index contributed by atoms with van der Waals surface area (Å²) in [5, 5.41) is 9.42. The predicted octanol–water partition coefficient (Wildman–Crippen LogP) is 2.01. The van der Waals surface area contributed by atoms with E-state index in [1.807, 2.05) is 0 Å². The third-order valence-electron chi connectivity index (χ3n) is 4.20. The van der Waals surface area contributed by atoms with E-state index in [2.05, 4.69) is 31.8 Å². The first-order valence-corrected chi connectivity index (χ1v) is 10.6. The maximum Gasteiger partial charge on any atom is 0.251 e. The first kappa shape index (κ1) is 22.1. The highest BCUT2D eigenvalue weighted by molar-refractivity contribution is 7.89. The molecule has 0 saturated carbocycles. The molecule has 1 amide bonds. The summed E-state index contributed by atoms with van der Waals surface area (Å²) >= 11 is 0. The van der Waals surface area contributed by atoms with Crippen molar-refractivity contribution in [3.8, 4) is 17.1 Å². The lowest BCUT2D eigenvalue weighted by Crippen LogP contribution is -2.26. The number of halogens is 1. The molecule has 2 aromatic carbocycles. The highest BCUT2D eigenvalue weighted by Gasteiger charge is 2.20. The van der Waals surface area contributed by atoms with Crippen LogP contribution in [0.15, 0.2) is 60.0 Å². The van der Waals surface area contributed by atoms with E-state index in [1.165, 1.54) is 12.1 Å². The summed E-state index contributed by atoms with van der Waals surface area (Å²) in [4.78, 5) is 16.1. The molecule has 0 saturated heterocycles. The minimum absolute atomic E-state index is 0.0101. The molecule has 1 aromatic heterocycles. The quantitative estimate of drug-likeness (QED) is 0.433. The van der Waals surface area contributed by atoms with Crippen molar-refractivity contribution in [3.05, 3.63) is 72.3 Å². The third kappa shape index (κ3) is 5.32. The van der Waals surface area contributed by atoms with Gasteiger partial charge in [0.25, 0.3) is 5.91 Å². The Morgan fingerprint density at radius 1 is 1.26 bits per heavy atom. The minimum atomic E-state index is -4.12. The largest absolute Gasteiger partial charge is 0.497 e. The summed E-state index contributed by atoms with van der Waals surface area (Å²) in [6, 6.07) is 10.2. The Balaban J connectivity index is 1.69. The predicted molar refractivity (Wildman–Crippen MR) is 111 cm³/mol. The average Bonchev–Trinajstić information content (AvgIpc) is 3.25. The molecule has 0 aliphatic heterocycles. The lowest BCUT2D eigenvalue weighted by atomic mass is 10.2. The monoisotopic (exact) mass is 445 g/mol. The fraction of sp³-hybridized carbons (Fsp3) is 0.150. The van der Waals surface area contributed by atoms with Gasteiger partial charge in [-0.15, -0.1) is 6.58 Å². The van der Waals surface area contributed by atoms with Crippen molar-refractivity contribution >= 4 is 15.9 Å². The zero-order valence-corrected chi connectivity index (χ0v) is 17.4. The lowest BCUT2D eigenvalue weighted by molar-refractivity contribution is 0.0949. The molecule has 0 bridgehead atoms. The van der Waals surface area contributed by atoms with Crippen LogP contribution >= 0.6 is 0 Å². The number of rotatable bonds is 9. The number of sulfonamides is 1. The van der Waals surface area contributed by atoms with Crippen LogP contribution in [-0.4, -0.2) is 43.2 Å². The van der Waals surface area contributed by atoms with E-state index in [0.29, 0.717) is 17.4 Å². The van der Waals surface area contributed by atoms with Gasteiger partial charge in [0.1, 0.15) is 22.3 Å². The van der Waals surface area contributed by atoms with Crippen LogP contribution in [0.2, 0.25) is 0 Å². The second kappa shape index (κ2) is 9.49. The molecule has 11 heteroatoms. The Morgan fingerprint density at radius 2 is 2.00 bits per heavy atom. The molecule has 0 aliphatic carbocycles. The summed E-state index contributed by atoms with van der Waals surface area (Å²) in [6.45, 7) is 3.34. The highest BCUT2D eigenvalue weighted by atomic mass is 32.2. The zero-order chi connectivity index (χ0) is 22.4. The SMILES string of the molecule is C=CCNS(=O)(=O)c1cc(C(=O)NCc2nc(-c3ccc(OC)cc3)n[nH]2)ccc1F. The molecule has 162 valence electrons. The molecule has 0 radical (unpaired) electrons. The molecule has 0 atom stereocenters. The van der Waals surface area contributed by atoms with Crippen LogP contribution in [0.5, 0.6) is 5.75 Å². The number of carbonyl (C=O) groups is 1. The van der Waals surface area contributed by atoms with Crippen LogP contribution in [0, 0.1) is 5.82 Å². The number of H-pyrrole nitrogens is 1. The maximum atomic E-state index is 14.0. The van der Waals surface area contributed by atoms with Crippen LogP contribution in [0.4, 0.5) is 4.39 Å². The Bertz CT molecular complexity index is 1190. The number of hydrogen-bond acceptors (Lipinski definition) is 6. The molecule has 1 heterocycles. The van der Waals surface area contributed by atoms with Crippen molar-refractivity contribution in [2.45, 2.75) is 11.4 Å². The second-order valence-electron chi connectivity index (χ2n) is 6.30. The normalized spacial score (nSPS) is 11.2. The lowest BCUT2D eigenvalue weighted by Gasteiger charge is -2.08. The van der Waals surface area contributed by atoms with E-state index in [4.69, 9.17) is 4.74 Å². The van der Waals surface area contributed by atoms with E-state index in [-0.39, 0.29) is 18.7 Å². The van der Waals surface area contributed by atoms with Crippen LogP contribution < -0.4 is 14.8 Å². The molecular formula is C20H20FN5O4S. The highest BCUT2D eigenvalue weighted by Crippen LogP contribution is 2.19. The molecule has 0 aliphatic rings. The van der Waals surface area contributed by atoms with Crippen molar-refractivity contribution in [3.63, 3.8) is 0 Å². The van der Waals surface area contributed by atoms with Crippen LogP contribution in [0.1, 0.15) is 16.2 Å². The third-order valence-corrected chi connectivity index (χ3v) is 5.64. The molecule has 3 aromatic rings. The van der Waals surface area contributed by atoms with Crippen molar-refractivity contribution in [1.29, 1.82) is 0 Å². The van der Waals surface area contributed by atoms with E-state index < -0.39 is 26.6 Å². The van der Waals surface area contributed by atoms with Crippen LogP contribution in [0.3, 0.4) is 0 Å². The van der Waals surface area contributed by atoms with Gasteiger partial charge in [-0.3, -0.25) is 9.89 Å². The molecule has 3 rings (SSSR count). The van der Waals surface area contributed by atoms with Gasteiger partial charge in [-0.05, 0) is 42.5 Å². The van der Waals surface area contributed by atoms with Gasteiger partial charge < -0.3 is 10.1 Å². The van der Waals surface area contributed by atoms with Gasteiger partial charge >= 0.3 is 0 Å². The average molecular weight is 445 g/mol. The first-order chi connectivity index (χ1) is 14.8. The fourth-order valence-electron chi connectivity index (χ4n) is 2.61. The molecule has 0 spiro atoms. The van der Waals surface area contributed by atoms with Gasteiger partial charge in [-0.25, -0.2) is 22.5 Å². The number of aromatic nitrogens is 3. The van der Waals surface area contributed by atoms with Crippen LogP contribution in [0.25, 0.3) is 11.4 Å². The number of aromatic amines is 1. The number of methoxy groups -OCH3 is 1. The fourth-order valence-corrected chi connectivity index (χ4v) is 3.71. The van der Waals surface area contributed by atoms with Gasteiger partial charge in [0.2, 0.25) is 10.0 Å². The summed E-state index contributed by atoms with van der Waals surface area (Å²) in [6.07, 6.45) is 1.32. The van der Waals surface area contributed by atoms with E-state index in [9.17, 15) is 17.6 Å². The second-order valence-corrected chi connectivity index (χ2v) is 8.04. The maximum absolute atomic E-state index is 14.0. The summed E-state index contributed by atoms with van der Waals surface area (Å²) in [7, 11) is -2.55. The van der Waals surface area contributed by atoms with E-state index in [1.54, 1.807) is 31.4 Å². The van der Waals surface area contributed by atoms with Gasteiger partial charge in [-0.1, -0.05) is 6.08 Å². The van der Waals surface area contributed by atoms with Gasteiger partial charge in [0, 0.05) is 17.7 Å². The first-order valence-electron chi connectivity index (χ1n) is 9.08.